The average Bonchev–Trinajstić information content (AvgIpc) is 2.29. The monoisotopic (exact) mass is 256 g/mol. The number of phenolic OH excluding ortho intramolecular Hbond substituents is 2. The molecule has 2 rings (SSSR count). The van der Waals surface area contributed by atoms with Crippen molar-refractivity contribution >= 4 is 0 Å². The molecule has 2 aromatic rings. The first-order chi connectivity index (χ1) is 8.82. The molecule has 0 radical (unpaired) electrons. The molecule has 0 bridgehead atoms. The Kier molecular flexibility index (Phi) is 3.27. The molecule has 19 heavy (non-hydrogen) atoms. The maximum absolute atomic E-state index is 10.3. The number of rotatable bonds is 1. The van der Waals surface area contributed by atoms with Gasteiger partial charge in [0.15, 0.2) is 0 Å². The van der Waals surface area contributed by atoms with Crippen LogP contribution in [0.5, 0.6) is 11.5 Å². The SMILES string of the molecule is Cc1cc(C)c(-c2c(O)cc(C)c(C)c2C)c(O)c1. The van der Waals surface area contributed by atoms with Crippen LogP contribution in [0.1, 0.15) is 27.8 Å². The van der Waals surface area contributed by atoms with Gasteiger partial charge >= 0.3 is 0 Å². The second kappa shape index (κ2) is 4.61. The first-order valence-electron chi connectivity index (χ1n) is 6.43. The van der Waals surface area contributed by atoms with Gasteiger partial charge in [0.25, 0.3) is 0 Å². The van der Waals surface area contributed by atoms with Gasteiger partial charge in [0.1, 0.15) is 11.5 Å². The summed E-state index contributed by atoms with van der Waals surface area (Å²) in [5.74, 6) is 0.446. The zero-order valence-corrected chi connectivity index (χ0v) is 12.1. The highest BCUT2D eigenvalue weighted by molar-refractivity contribution is 5.82. The number of benzene rings is 2. The molecule has 0 aliphatic heterocycles. The fourth-order valence-corrected chi connectivity index (χ4v) is 2.65. The quantitative estimate of drug-likeness (QED) is 0.798. The lowest BCUT2D eigenvalue weighted by Crippen LogP contribution is -1.95. The van der Waals surface area contributed by atoms with Crippen LogP contribution >= 0.6 is 0 Å². The van der Waals surface area contributed by atoms with Crippen LogP contribution in [0.15, 0.2) is 18.2 Å². The van der Waals surface area contributed by atoms with Crippen molar-refractivity contribution in [3.63, 3.8) is 0 Å². The van der Waals surface area contributed by atoms with Crippen LogP contribution in [0.2, 0.25) is 0 Å². The van der Waals surface area contributed by atoms with Crippen LogP contribution in [-0.2, 0) is 0 Å². The van der Waals surface area contributed by atoms with Crippen LogP contribution in [0.3, 0.4) is 0 Å². The van der Waals surface area contributed by atoms with Gasteiger partial charge in [-0.1, -0.05) is 6.07 Å². The van der Waals surface area contributed by atoms with Crippen molar-refractivity contribution in [2.45, 2.75) is 34.6 Å². The molecule has 0 saturated carbocycles. The molecule has 0 atom stereocenters. The van der Waals surface area contributed by atoms with Crippen molar-refractivity contribution in [3.05, 3.63) is 46.0 Å². The molecular weight excluding hydrogens is 236 g/mol. The number of hydrogen-bond acceptors (Lipinski definition) is 2. The van der Waals surface area contributed by atoms with Gasteiger partial charge in [0.05, 0.1) is 0 Å². The fourth-order valence-electron chi connectivity index (χ4n) is 2.65. The number of aryl methyl sites for hydroxylation is 3. The van der Waals surface area contributed by atoms with E-state index in [-0.39, 0.29) is 11.5 Å². The normalized spacial score (nSPS) is 10.8. The van der Waals surface area contributed by atoms with Crippen molar-refractivity contribution < 1.29 is 10.2 Å². The molecule has 2 aromatic carbocycles. The summed E-state index contributed by atoms with van der Waals surface area (Å²) in [4.78, 5) is 0. The molecule has 0 heterocycles. The Morgan fingerprint density at radius 3 is 1.79 bits per heavy atom. The van der Waals surface area contributed by atoms with Gasteiger partial charge in [-0.3, -0.25) is 0 Å². The van der Waals surface area contributed by atoms with E-state index < -0.39 is 0 Å². The van der Waals surface area contributed by atoms with Crippen LogP contribution in [0, 0.1) is 34.6 Å². The predicted octanol–water partition coefficient (Wildman–Crippen LogP) is 4.31. The summed E-state index contributed by atoms with van der Waals surface area (Å²) in [5, 5.41) is 20.5. The van der Waals surface area contributed by atoms with E-state index in [1.54, 1.807) is 12.1 Å². The molecular formula is C17H20O2. The van der Waals surface area contributed by atoms with Crippen molar-refractivity contribution in [1.82, 2.24) is 0 Å². The van der Waals surface area contributed by atoms with Crippen LogP contribution in [0.4, 0.5) is 0 Å². The zero-order chi connectivity index (χ0) is 14.3. The molecule has 0 unspecified atom stereocenters. The van der Waals surface area contributed by atoms with E-state index in [4.69, 9.17) is 0 Å². The highest BCUT2D eigenvalue weighted by atomic mass is 16.3. The Balaban J connectivity index is 2.84. The summed E-state index contributed by atoms with van der Waals surface area (Å²) in [7, 11) is 0. The van der Waals surface area contributed by atoms with E-state index in [1.165, 1.54) is 0 Å². The highest BCUT2D eigenvalue weighted by Crippen LogP contribution is 2.42. The van der Waals surface area contributed by atoms with Gasteiger partial charge in [0, 0.05) is 11.1 Å². The summed E-state index contributed by atoms with van der Waals surface area (Å²) >= 11 is 0. The lowest BCUT2D eigenvalue weighted by Gasteiger charge is -2.17. The molecule has 0 fully saturated rings. The van der Waals surface area contributed by atoms with Crippen LogP contribution < -0.4 is 0 Å². The van der Waals surface area contributed by atoms with Crippen LogP contribution in [-0.4, -0.2) is 10.2 Å². The third-order valence-corrected chi connectivity index (χ3v) is 3.85. The minimum atomic E-state index is 0.221. The molecule has 0 aromatic heterocycles. The number of aromatic hydroxyl groups is 2. The first kappa shape index (κ1) is 13.5. The maximum atomic E-state index is 10.3. The smallest absolute Gasteiger partial charge is 0.124 e. The van der Waals surface area contributed by atoms with E-state index in [1.807, 2.05) is 40.7 Å². The summed E-state index contributed by atoms with van der Waals surface area (Å²) in [6.45, 7) is 9.90. The fraction of sp³-hybridized carbons (Fsp3) is 0.294. The van der Waals surface area contributed by atoms with Gasteiger partial charge in [-0.25, -0.2) is 0 Å². The molecule has 0 spiro atoms. The Labute approximate surface area is 114 Å². The molecule has 2 heteroatoms. The van der Waals surface area contributed by atoms with Crippen molar-refractivity contribution in [2.75, 3.05) is 0 Å². The third-order valence-electron chi connectivity index (χ3n) is 3.85. The maximum Gasteiger partial charge on any atom is 0.124 e. The molecule has 2 nitrogen and oxygen atoms in total. The molecule has 2 N–H and O–H groups in total. The van der Waals surface area contributed by atoms with Gasteiger partial charge in [-0.2, -0.15) is 0 Å². The van der Waals surface area contributed by atoms with E-state index in [0.29, 0.717) is 0 Å². The van der Waals surface area contributed by atoms with Gasteiger partial charge in [-0.05, 0) is 74.6 Å². The second-order valence-electron chi connectivity index (χ2n) is 5.31. The van der Waals surface area contributed by atoms with Crippen LogP contribution in [0.25, 0.3) is 11.1 Å². The van der Waals surface area contributed by atoms with Gasteiger partial charge < -0.3 is 10.2 Å². The molecule has 0 saturated heterocycles. The van der Waals surface area contributed by atoms with Crippen molar-refractivity contribution in [2.24, 2.45) is 0 Å². The minimum absolute atomic E-state index is 0.221. The summed E-state index contributed by atoms with van der Waals surface area (Å²) < 4.78 is 0. The summed E-state index contributed by atoms with van der Waals surface area (Å²) in [6, 6.07) is 5.51. The van der Waals surface area contributed by atoms with E-state index in [9.17, 15) is 10.2 Å². The van der Waals surface area contributed by atoms with Crippen molar-refractivity contribution in [3.8, 4) is 22.6 Å². The standard InChI is InChI=1S/C17H20O2/c1-9-6-11(3)16(14(18)7-9)17-13(5)12(4)10(2)8-15(17)19/h6-8,18-19H,1-5H3. The van der Waals surface area contributed by atoms with E-state index in [2.05, 4.69) is 0 Å². The molecule has 0 aliphatic rings. The Hall–Kier alpha value is -1.96. The molecule has 0 aliphatic carbocycles. The molecule has 100 valence electrons. The number of phenols is 2. The second-order valence-corrected chi connectivity index (χ2v) is 5.31. The lowest BCUT2D eigenvalue weighted by atomic mass is 9.89. The third kappa shape index (κ3) is 2.19. The van der Waals surface area contributed by atoms with Gasteiger partial charge in [-0.15, -0.1) is 0 Å². The Bertz CT molecular complexity index is 632. The summed E-state index contributed by atoms with van der Waals surface area (Å²) in [6.07, 6.45) is 0. The first-order valence-corrected chi connectivity index (χ1v) is 6.43. The zero-order valence-electron chi connectivity index (χ0n) is 12.1. The average molecular weight is 256 g/mol. The van der Waals surface area contributed by atoms with E-state index >= 15 is 0 Å². The largest absolute Gasteiger partial charge is 0.507 e. The Morgan fingerprint density at radius 1 is 0.632 bits per heavy atom. The predicted molar refractivity (Wildman–Crippen MR) is 78.9 cm³/mol. The molecule has 0 amide bonds. The lowest BCUT2D eigenvalue weighted by molar-refractivity contribution is 0.468. The highest BCUT2D eigenvalue weighted by Gasteiger charge is 2.17. The van der Waals surface area contributed by atoms with Crippen molar-refractivity contribution in [1.29, 1.82) is 0 Å². The number of hydrogen-bond donors (Lipinski definition) is 2. The minimum Gasteiger partial charge on any atom is -0.507 e. The van der Waals surface area contributed by atoms with Gasteiger partial charge in [0.2, 0.25) is 0 Å². The summed E-state index contributed by atoms with van der Waals surface area (Å²) in [5.41, 5.74) is 6.66. The topological polar surface area (TPSA) is 40.5 Å². The van der Waals surface area contributed by atoms with E-state index in [0.717, 1.165) is 38.9 Å². The Morgan fingerprint density at radius 2 is 1.21 bits per heavy atom.